The minimum Gasteiger partial charge on any atom is -0.396 e. The van der Waals surface area contributed by atoms with Crippen LogP contribution < -0.4 is 5.32 Å². The Labute approximate surface area is 191 Å². The number of carbonyl (C=O) groups excluding carboxylic acids is 4. The monoisotopic (exact) mass is 445 g/mol. The van der Waals surface area contributed by atoms with E-state index in [2.05, 4.69) is 17.5 Å². The van der Waals surface area contributed by atoms with Gasteiger partial charge in [0.15, 0.2) is 0 Å². The second-order valence-corrected chi connectivity index (χ2v) is 9.42. The van der Waals surface area contributed by atoms with Crippen molar-refractivity contribution in [1.82, 2.24) is 5.32 Å². The predicted molar refractivity (Wildman–Crippen MR) is 124 cm³/mol. The van der Waals surface area contributed by atoms with Crippen molar-refractivity contribution in [1.29, 1.82) is 0 Å². The van der Waals surface area contributed by atoms with Crippen LogP contribution in [0.3, 0.4) is 0 Å². The first-order valence-electron chi connectivity index (χ1n) is 12.2. The standard InChI is InChI=1S/C26H39NO5/c1-18(2)27-23(29)15-11-7-6-10-14-20-19(13-9-5-3-4-8-12-16-28)21-17-22(20)25(31)26(32)24(21)30/h6,9-10,13,18-22,28H,3-5,7-8,11-12,14-17H2,1-2H3,(H,27,29)/t19-,20-,21-,22-/m1/s1. The molecule has 32 heavy (non-hydrogen) atoms. The van der Waals surface area contributed by atoms with Gasteiger partial charge in [-0.2, -0.15) is 0 Å². The number of aliphatic hydroxyl groups excluding tert-OH is 1. The van der Waals surface area contributed by atoms with Crippen molar-refractivity contribution in [3.63, 3.8) is 0 Å². The maximum absolute atomic E-state index is 12.4. The molecule has 0 aliphatic heterocycles. The van der Waals surface area contributed by atoms with Crippen molar-refractivity contribution in [3.05, 3.63) is 24.3 Å². The first-order chi connectivity index (χ1) is 15.4. The Morgan fingerprint density at radius 3 is 2.38 bits per heavy atom. The molecular formula is C26H39NO5. The summed E-state index contributed by atoms with van der Waals surface area (Å²) in [6, 6.07) is 0.147. The fourth-order valence-electron chi connectivity index (χ4n) is 4.94. The fourth-order valence-corrected chi connectivity index (χ4v) is 4.94. The number of fused-ring (bicyclic) bond motifs is 2. The van der Waals surface area contributed by atoms with Crippen LogP contribution in [0.4, 0.5) is 0 Å². The third kappa shape index (κ3) is 7.51. The lowest BCUT2D eigenvalue weighted by molar-refractivity contribution is -0.149. The molecule has 0 aromatic carbocycles. The number of unbranched alkanes of at least 4 members (excludes halogenated alkanes) is 5. The first-order valence-corrected chi connectivity index (χ1v) is 12.2. The zero-order valence-corrected chi connectivity index (χ0v) is 19.6. The molecule has 6 heteroatoms. The Bertz CT molecular complexity index is 724. The molecule has 0 aromatic rings. The van der Waals surface area contributed by atoms with E-state index in [1.807, 2.05) is 26.0 Å². The third-order valence-electron chi connectivity index (χ3n) is 6.54. The largest absolute Gasteiger partial charge is 0.396 e. The molecule has 0 unspecified atom stereocenters. The van der Waals surface area contributed by atoms with Gasteiger partial charge >= 0.3 is 0 Å². The number of hydrogen-bond acceptors (Lipinski definition) is 5. The van der Waals surface area contributed by atoms with Gasteiger partial charge in [0.1, 0.15) is 0 Å². The van der Waals surface area contributed by atoms with Gasteiger partial charge in [0.05, 0.1) is 0 Å². The molecule has 0 radical (unpaired) electrons. The van der Waals surface area contributed by atoms with Gasteiger partial charge in [0, 0.05) is 30.9 Å². The highest BCUT2D eigenvalue weighted by molar-refractivity contribution is 6.65. The molecule has 178 valence electrons. The summed E-state index contributed by atoms with van der Waals surface area (Å²) < 4.78 is 0. The zero-order chi connectivity index (χ0) is 23.5. The quantitative estimate of drug-likeness (QED) is 0.241. The van der Waals surface area contributed by atoms with E-state index >= 15 is 0 Å². The van der Waals surface area contributed by atoms with Crippen LogP contribution in [0.2, 0.25) is 0 Å². The molecule has 2 N–H and O–H groups in total. The minimum absolute atomic E-state index is 0.0194. The molecule has 1 amide bonds. The van der Waals surface area contributed by atoms with Crippen LogP contribution in [0.15, 0.2) is 24.3 Å². The molecule has 2 rings (SSSR count). The van der Waals surface area contributed by atoms with Crippen molar-refractivity contribution < 1.29 is 24.3 Å². The number of amides is 1. The lowest BCUT2D eigenvalue weighted by Crippen LogP contribution is -2.38. The minimum atomic E-state index is -0.809. The molecule has 2 fully saturated rings. The van der Waals surface area contributed by atoms with Gasteiger partial charge in [-0.3, -0.25) is 19.2 Å². The van der Waals surface area contributed by atoms with Gasteiger partial charge in [-0.1, -0.05) is 37.1 Å². The highest BCUT2D eigenvalue weighted by atomic mass is 16.3. The van der Waals surface area contributed by atoms with E-state index < -0.39 is 17.3 Å². The molecule has 0 saturated heterocycles. The van der Waals surface area contributed by atoms with Crippen LogP contribution in [-0.2, 0) is 19.2 Å². The average molecular weight is 446 g/mol. The fraction of sp³-hybridized carbons (Fsp3) is 0.692. The number of allylic oxidation sites excluding steroid dienone is 4. The topological polar surface area (TPSA) is 101 Å². The Morgan fingerprint density at radius 1 is 0.969 bits per heavy atom. The van der Waals surface area contributed by atoms with Crippen LogP contribution >= 0.6 is 0 Å². The Kier molecular flexibility index (Phi) is 11.0. The maximum atomic E-state index is 12.4. The molecule has 2 aliphatic rings. The van der Waals surface area contributed by atoms with E-state index in [9.17, 15) is 19.2 Å². The van der Waals surface area contributed by atoms with E-state index in [0.29, 0.717) is 19.3 Å². The Hall–Kier alpha value is -2.08. The van der Waals surface area contributed by atoms with Crippen molar-refractivity contribution in [2.45, 2.75) is 84.1 Å². The number of aliphatic hydroxyl groups is 1. The summed E-state index contributed by atoms with van der Waals surface area (Å²) >= 11 is 0. The smallest absolute Gasteiger partial charge is 0.264 e. The summed E-state index contributed by atoms with van der Waals surface area (Å²) in [7, 11) is 0. The molecule has 0 heterocycles. The Morgan fingerprint density at radius 2 is 1.66 bits per heavy atom. The number of carbonyl (C=O) groups is 4. The van der Waals surface area contributed by atoms with Gasteiger partial charge in [0.2, 0.25) is 17.5 Å². The molecule has 4 atom stereocenters. The van der Waals surface area contributed by atoms with Crippen molar-refractivity contribution in [3.8, 4) is 0 Å². The van der Waals surface area contributed by atoms with E-state index in [1.165, 1.54) is 0 Å². The predicted octanol–water partition coefficient (Wildman–Crippen LogP) is 3.72. The lowest BCUT2D eigenvalue weighted by Gasteiger charge is -2.19. The van der Waals surface area contributed by atoms with Crippen molar-refractivity contribution >= 4 is 23.3 Å². The van der Waals surface area contributed by atoms with Crippen molar-refractivity contribution in [2.75, 3.05) is 6.61 Å². The molecule has 2 aliphatic carbocycles. The van der Waals surface area contributed by atoms with Gasteiger partial charge in [-0.25, -0.2) is 0 Å². The molecule has 0 aromatic heterocycles. The first kappa shape index (κ1) is 26.2. The SMILES string of the molecule is CC(C)NC(=O)CCCC=CC[C@@H]1[C@@H](C=CCCCCCCO)[C@H]2C[C@H]1C(=O)C(=O)C2=O. The van der Waals surface area contributed by atoms with Crippen molar-refractivity contribution in [2.24, 2.45) is 23.7 Å². The summed E-state index contributed by atoms with van der Waals surface area (Å²) in [6.45, 7) is 4.11. The summed E-state index contributed by atoms with van der Waals surface area (Å²) in [5.74, 6) is -2.57. The Balaban J connectivity index is 1.90. The van der Waals surface area contributed by atoms with Crippen LogP contribution in [0.1, 0.15) is 78.1 Å². The van der Waals surface area contributed by atoms with Crippen LogP contribution in [0.5, 0.6) is 0 Å². The molecule has 2 bridgehead atoms. The van der Waals surface area contributed by atoms with E-state index in [-0.39, 0.29) is 42.2 Å². The van der Waals surface area contributed by atoms with E-state index in [4.69, 9.17) is 5.11 Å². The summed E-state index contributed by atoms with van der Waals surface area (Å²) in [5.41, 5.74) is 0. The number of ketones is 3. The van der Waals surface area contributed by atoms with Crippen LogP contribution in [0, 0.1) is 23.7 Å². The van der Waals surface area contributed by atoms with Gasteiger partial charge in [0.25, 0.3) is 5.78 Å². The summed E-state index contributed by atoms with van der Waals surface area (Å²) in [5, 5.41) is 11.7. The molecule has 0 spiro atoms. The number of rotatable bonds is 14. The average Bonchev–Trinajstić information content (AvgIpc) is 3.08. The highest BCUT2D eigenvalue weighted by Crippen LogP contribution is 2.48. The molecule has 2 saturated carbocycles. The highest BCUT2D eigenvalue weighted by Gasteiger charge is 2.55. The third-order valence-corrected chi connectivity index (χ3v) is 6.54. The number of hydrogen-bond donors (Lipinski definition) is 2. The second-order valence-electron chi connectivity index (χ2n) is 9.42. The van der Waals surface area contributed by atoms with Crippen LogP contribution in [-0.4, -0.2) is 41.0 Å². The van der Waals surface area contributed by atoms with Gasteiger partial charge < -0.3 is 10.4 Å². The summed E-state index contributed by atoms with van der Waals surface area (Å²) in [6.07, 6.45) is 16.2. The van der Waals surface area contributed by atoms with E-state index in [0.717, 1.165) is 44.9 Å². The lowest BCUT2D eigenvalue weighted by atomic mass is 9.83. The normalized spacial score (nSPS) is 25.6. The number of Topliss-reactive ketones (excluding diaryl/α,β-unsaturated/α-hetero) is 3. The van der Waals surface area contributed by atoms with Crippen LogP contribution in [0.25, 0.3) is 0 Å². The summed E-state index contributed by atoms with van der Waals surface area (Å²) in [4.78, 5) is 48.7. The van der Waals surface area contributed by atoms with Gasteiger partial charge in [-0.15, -0.1) is 0 Å². The van der Waals surface area contributed by atoms with Gasteiger partial charge in [-0.05, 0) is 70.6 Å². The second kappa shape index (κ2) is 13.5. The number of nitrogens with one attached hydrogen (secondary N) is 1. The molecular weight excluding hydrogens is 406 g/mol. The maximum Gasteiger partial charge on any atom is 0.264 e. The zero-order valence-electron chi connectivity index (χ0n) is 19.6. The van der Waals surface area contributed by atoms with E-state index in [1.54, 1.807) is 0 Å². The molecule has 6 nitrogen and oxygen atoms in total.